The molecule has 0 aliphatic carbocycles. The quantitative estimate of drug-likeness (QED) is 0.765. The highest BCUT2D eigenvalue weighted by Crippen LogP contribution is 2.08. The molecule has 0 radical (unpaired) electrons. The fourth-order valence-corrected chi connectivity index (χ4v) is 1.28. The molecule has 0 bridgehead atoms. The van der Waals surface area contributed by atoms with Gasteiger partial charge in [-0.3, -0.25) is 0 Å². The van der Waals surface area contributed by atoms with Crippen molar-refractivity contribution in [2.75, 3.05) is 6.61 Å². The molecular weight excluding hydrogens is 194 g/mol. The third-order valence-electron chi connectivity index (χ3n) is 2.00. The first-order chi connectivity index (χ1) is 7.31. The van der Waals surface area contributed by atoms with E-state index in [0.29, 0.717) is 23.4 Å². The summed E-state index contributed by atoms with van der Waals surface area (Å²) in [5.74, 6) is 0. The summed E-state index contributed by atoms with van der Waals surface area (Å²) in [6, 6.07) is 7.16. The lowest BCUT2D eigenvalue weighted by molar-refractivity contribution is 0.129. The normalized spacial score (nSPS) is 10.7. The van der Waals surface area contributed by atoms with E-state index in [1.165, 1.54) is 0 Å². The molecule has 0 aliphatic heterocycles. The largest absolute Gasteiger partial charge is 0.420 e. The fourth-order valence-electron chi connectivity index (χ4n) is 1.28. The van der Waals surface area contributed by atoms with Crippen LogP contribution in [0.15, 0.2) is 33.5 Å². The molecule has 2 rings (SSSR count). The second kappa shape index (κ2) is 4.23. The summed E-state index contributed by atoms with van der Waals surface area (Å²) >= 11 is 0. The van der Waals surface area contributed by atoms with Gasteiger partial charge in [-0.25, -0.2) is 9.78 Å². The third kappa shape index (κ3) is 2.05. The standard InChI is InChI=1S/C11H11NO3/c1-2-14-7-9-11(13)15-10-6-4-3-5-8(10)12-9/h3-6H,2,7H2,1H3. The molecule has 0 saturated carbocycles. The molecule has 0 unspecified atom stereocenters. The van der Waals surface area contributed by atoms with E-state index in [2.05, 4.69) is 4.98 Å². The van der Waals surface area contributed by atoms with Gasteiger partial charge >= 0.3 is 5.63 Å². The molecule has 0 aliphatic rings. The zero-order valence-corrected chi connectivity index (χ0v) is 8.40. The second-order valence-corrected chi connectivity index (χ2v) is 3.05. The molecule has 1 aromatic carbocycles. The number of para-hydroxylation sites is 2. The van der Waals surface area contributed by atoms with Crippen molar-refractivity contribution in [3.05, 3.63) is 40.4 Å². The van der Waals surface area contributed by atoms with Crippen molar-refractivity contribution in [1.82, 2.24) is 4.98 Å². The Kier molecular flexibility index (Phi) is 2.78. The summed E-state index contributed by atoms with van der Waals surface area (Å²) < 4.78 is 10.2. The van der Waals surface area contributed by atoms with E-state index < -0.39 is 5.63 Å². The van der Waals surface area contributed by atoms with Crippen LogP contribution >= 0.6 is 0 Å². The van der Waals surface area contributed by atoms with Gasteiger partial charge in [-0.2, -0.15) is 0 Å². The number of hydrogen-bond acceptors (Lipinski definition) is 4. The smallest absolute Gasteiger partial charge is 0.360 e. The number of ether oxygens (including phenoxy) is 1. The molecular formula is C11H11NO3. The van der Waals surface area contributed by atoms with Crippen molar-refractivity contribution >= 4 is 11.1 Å². The topological polar surface area (TPSA) is 52.3 Å². The van der Waals surface area contributed by atoms with Crippen LogP contribution in [0.4, 0.5) is 0 Å². The van der Waals surface area contributed by atoms with Gasteiger partial charge in [-0.1, -0.05) is 12.1 Å². The highest BCUT2D eigenvalue weighted by Gasteiger charge is 2.05. The summed E-state index contributed by atoms with van der Waals surface area (Å²) in [6.45, 7) is 2.61. The SMILES string of the molecule is CCOCc1nc2ccccc2oc1=O. The van der Waals surface area contributed by atoms with Gasteiger partial charge in [-0.05, 0) is 19.1 Å². The summed E-state index contributed by atoms with van der Waals surface area (Å²) in [5.41, 5.74) is 1.06. The Bertz CT molecular complexity index is 518. The predicted molar refractivity (Wildman–Crippen MR) is 55.6 cm³/mol. The molecule has 0 N–H and O–H groups in total. The lowest BCUT2D eigenvalue weighted by Crippen LogP contribution is -2.11. The van der Waals surface area contributed by atoms with Gasteiger partial charge in [0, 0.05) is 6.61 Å². The third-order valence-corrected chi connectivity index (χ3v) is 2.00. The Balaban J connectivity index is 2.48. The van der Waals surface area contributed by atoms with Crippen LogP contribution in [-0.2, 0) is 11.3 Å². The van der Waals surface area contributed by atoms with E-state index >= 15 is 0 Å². The molecule has 2 aromatic rings. The first-order valence-corrected chi connectivity index (χ1v) is 4.77. The molecule has 1 heterocycles. The molecule has 4 heteroatoms. The van der Waals surface area contributed by atoms with Gasteiger partial charge in [-0.15, -0.1) is 0 Å². The Morgan fingerprint density at radius 3 is 3.00 bits per heavy atom. The number of rotatable bonds is 3. The van der Waals surface area contributed by atoms with Gasteiger partial charge in [0.25, 0.3) is 0 Å². The second-order valence-electron chi connectivity index (χ2n) is 3.05. The van der Waals surface area contributed by atoms with Gasteiger partial charge in [0.2, 0.25) is 0 Å². The minimum Gasteiger partial charge on any atom is -0.420 e. The van der Waals surface area contributed by atoms with Crippen LogP contribution in [0, 0.1) is 0 Å². The Hall–Kier alpha value is -1.68. The van der Waals surface area contributed by atoms with E-state index in [4.69, 9.17) is 9.15 Å². The van der Waals surface area contributed by atoms with Crippen LogP contribution in [0.25, 0.3) is 11.1 Å². The van der Waals surface area contributed by atoms with Crippen molar-refractivity contribution < 1.29 is 9.15 Å². The summed E-state index contributed by atoms with van der Waals surface area (Å²) in [4.78, 5) is 15.6. The number of benzene rings is 1. The number of aromatic nitrogens is 1. The van der Waals surface area contributed by atoms with Crippen molar-refractivity contribution in [3.63, 3.8) is 0 Å². The van der Waals surface area contributed by atoms with Crippen LogP contribution in [0.2, 0.25) is 0 Å². The maximum Gasteiger partial charge on any atom is 0.360 e. The Morgan fingerprint density at radius 1 is 1.40 bits per heavy atom. The first-order valence-electron chi connectivity index (χ1n) is 4.77. The fraction of sp³-hybridized carbons (Fsp3) is 0.273. The first kappa shape index (κ1) is 9.86. The summed E-state index contributed by atoms with van der Waals surface area (Å²) in [5, 5.41) is 0. The highest BCUT2D eigenvalue weighted by molar-refractivity contribution is 5.71. The van der Waals surface area contributed by atoms with Gasteiger partial charge in [0.05, 0.1) is 6.61 Å². The molecule has 0 amide bonds. The van der Waals surface area contributed by atoms with Crippen molar-refractivity contribution in [2.24, 2.45) is 0 Å². The van der Waals surface area contributed by atoms with Gasteiger partial charge in [0.1, 0.15) is 5.52 Å². The molecule has 1 aromatic heterocycles. The minimum absolute atomic E-state index is 0.198. The van der Waals surface area contributed by atoms with Crippen molar-refractivity contribution in [1.29, 1.82) is 0 Å². The van der Waals surface area contributed by atoms with Gasteiger partial charge in [0.15, 0.2) is 11.3 Å². The number of nitrogens with zero attached hydrogens (tertiary/aromatic N) is 1. The minimum atomic E-state index is -0.429. The molecule has 0 atom stereocenters. The van der Waals surface area contributed by atoms with E-state index in [9.17, 15) is 4.79 Å². The van der Waals surface area contributed by atoms with E-state index in [0.717, 1.165) is 0 Å². The van der Waals surface area contributed by atoms with E-state index in [1.54, 1.807) is 18.2 Å². The maximum absolute atomic E-state index is 11.4. The lowest BCUT2D eigenvalue weighted by atomic mass is 10.3. The van der Waals surface area contributed by atoms with Gasteiger partial charge < -0.3 is 9.15 Å². The Morgan fingerprint density at radius 2 is 2.20 bits per heavy atom. The zero-order valence-electron chi connectivity index (χ0n) is 8.40. The molecule has 0 saturated heterocycles. The van der Waals surface area contributed by atoms with Crippen LogP contribution in [0.1, 0.15) is 12.6 Å². The van der Waals surface area contributed by atoms with E-state index in [1.807, 2.05) is 13.0 Å². The summed E-state index contributed by atoms with van der Waals surface area (Å²) in [7, 11) is 0. The monoisotopic (exact) mass is 205 g/mol. The number of fused-ring (bicyclic) bond motifs is 1. The van der Waals surface area contributed by atoms with Crippen LogP contribution in [0.5, 0.6) is 0 Å². The maximum atomic E-state index is 11.4. The lowest BCUT2D eigenvalue weighted by Gasteiger charge is -2.00. The predicted octanol–water partition coefficient (Wildman–Crippen LogP) is 1.72. The molecule has 0 fully saturated rings. The van der Waals surface area contributed by atoms with Crippen molar-refractivity contribution in [3.8, 4) is 0 Å². The van der Waals surface area contributed by atoms with Crippen LogP contribution in [-0.4, -0.2) is 11.6 Å². The van der Waals surface area contributed by atoms with Crippen LogP contribution in [0.3, 0.4) is 0 Å². The Labute approximate surface area is 86.5 Å². The van der Waals surface area contributed by atoms with Crippen LogP contribution < -0.4 is 5.63 Å². The van der Waals surface area contributed by atoms with Crippen molar-refractivity contribution in [2.45, 2.75) is 13.5 Å². The van der Waals surface area contributed by atoms with E-state index in [-0.39, 0.29) is 6.61 Å². The molecule has 78 valence electrons. The molecule has 15 heavy (non-hydrogen) atoms. The number of hydrogen-bond donors (Lipinski definition) is 0. The molecule has 4 nitrogen and oxygen atoms in total. The summed E-state index contributed by atoms with van der Waals surface area (Å²) in [6.07, 6.45) is 0. The highest BCUT2D eigenvalue weighted by atomic mass is 16.5. The average molecular weight is 205 g/mol. The molecule has 0 spiro atoms. The average Bonchev–Trinajstić information content (AvgIpc) is 2.26. The zero-order chi connectivity index (χ0) is 10.7.